The molecule has 7 heteroatoms. The highest BCUT2D eigenvalue weighted by Crippen LogP contribution is 2.17. The molecule has 0 aliphatic carbocycles. The number of sulfone groups is 1. The van der Waals surface area contributed by atoms with Crippen molar-refractivity contribution in [1.29, 1.82) is 0 Å². The molecule has 1 saturated heterocycles. The van der Waals surface area contributed by atoms with Gasteiger partial charge in [-0.25, -0.2) is 13.4 Å². The van der Waals surface area contributed by atoms with Crippen LogP contribution in [0.4, 0.5) is 0 Å². The molecule has 2 heterocycles. The molecule has 2 rings (SSSR count). The highest BCUT2D eigenvalue weighted by Gasteiger charge is 2.30. The molecule has 0 saturated carbocycles. The molecule has 0 spiro atoms. The molecule has 2 N–H and O–H groups in total. The third-order valence-corrected chi connectivity index (χ3v) is 5.26. The highest BCUT2D eigenvalue weighted by molar-refractivity contribution is 7.93. The zero-order valence-corrected chi connectivity index (χ0v) is 9.07. The van der Waals surface area contributed by atoms with Gasteiger partial charge in [0.05, 0.1) is 0 Å². The molecular weight excluding hydrogens is 222 g/mol. The Hall–Kier alpha value is -0.500. The van der Waals surface area contributed by atoms with Gasteiger partial charge in [-0.1, -0.05) is 0 Å². The van der Waals surface area contributed by atoms with Crippen molar-refractivity contribution >= 4 is 21.2 Å². The van der Waals surface area contributed by atoms with Gasteiger partial charge in [0.25, 0.3) is 0 Å². The molecule has 1 aliphatic heterocycles. The van der Waals surface area contributed by atoms with Crippen LogP contribution in [0.25, 0.3) is 0 Å². The van der Waals surface area contributed by atoms with Gasteiger partial charge >= 0.3 is 0 Å². The maximum atomic E-state index is 11.9. The topological polar surface area (TPSA) is 71.1 Å². The molecule has 14 heavy (non-hydrogen) atoms. The van der Waals surface area contributed by atoms with E-state index in [9.17, 15) is 8.42 Å². The van der Waals surface area contributed by atoms with Crippen molar-refractivity contribution < 1.29 is 8.42 Å². The van der Waals surface area contributed by atoms with Gasteiger partial charge in [0.2, 0.25) is 14.2 Å². The summed E-state index contributed by atoms with van der Waals surface area (Å²) in [4.78, 5) is 3.83. The van der Waals surface area contributed by atoms with Crippen LogP contribution in [0.15, 0.2) is 15.9 Å². The average Bonchev–Trinajstić information content (AvgIpc) is 2.72. The second kappa shape index (κ2) is 3.93. The summed E-state index contributed by atoms with van der Waals surface area (Å²) in [6.07, 6.45) is 1.51. The quantitative estimate of drug-likeness (QED) is 0.716. The van der Waals surface area contributed by atoms with Gasteiger partial charge in [-0.2, -0.15) is 0 Å². The van der Waals surface area contributed by atoms with Gasteiger partial charge in [-0.3, -0.25) is 5.32 Å². The van der Waals surface area contributed by atoms with Gasteiger partial charge in [-0.15, -0.1) is 11.3 Å². The lowest BCUT2D eigenvalue weighted by Gasteiger charge is -2.23. The molecule has 1 aliphatic rings. The zero-order chi connectivity index (χ0) is 10.0. The summed E-state index contributed by atoms with van der Waals surface area (Å²) in [6, 6.07) is 0. The number of hydrogen-bond acceptors (Lipinski definition) is 6. The maximum absolute atomic E-state index is 11.9. The Balaban J connectivity index is 2.23. The summed E-state index contributed by atoms with van der Waals surface area (Å²) in [5, 5.41) is 7.13. The van der Waals surface area contributed by atoms with E-state index in [1.165, 1.54) is 6.20 Å². The lowest BCUT2D eigenvalue weighted by atomic mass is 10.4. The molecule has 0 amide bonds. The number of piperazine rings is 1. The fourth-order valence-electron chi connectivity index (χ4n) is 1.32. The fraction of sp³-hybridized carbons (Fsp3) is 0.571. The van der Waals surface area contributed by atoms with E-state index in [1.807, 2.05) is 0 Å². The summed E-state index contributed by atoms with van der Waals surface area (Å²) in [5.74, 6) is 0. The van der Waals surface area contributed by atoms with Crippen LogP contribution < -0.4 is 10.6 Å². The maximum Gasteiger partial charge on any atom is 0.222 e. The Morgan fingerprint density at radius 1 is 1.50 bits per heavy atom. The summed E-state index contributed by atoms with van der Waals surface area (Å²) in [5.41, 5.74) is 0. The Morgan fingerprint density at radius 2 is 2.36 bits per heavy atom. The molecule has 1 unspecified atom stereocenters. The molecule has 78 valence electrons. The van der Waals surface area contributed by atoms with E-state index in [4.69, 9.17) is 0 Å². The van der Waals surface area contributed by atoms with Crippen LogP contribution in [0.3, 0.4) is 0 Å². The van der Waals surface area contributed by atoms with E-state index < -0.39 is 15.2 Å². The van der Waals surface area contributed by atoms with Gasteiger partial charge in [-0.05, 0) is 0 Å². The predicted octanol–water partition coefficient (Wildman–Crippen LogP) is -0.564. The van der Waals surface area contributed by atoms with Crippen LogP contribution in [0, 0.1) is 0 Å². The predicted molar refractivity (Wildman–Crippen MR) is 54.0 cm³/mol. The van der Waals surface area contributed by atoms with E-state index in [1.54, 1.807) is 5.38 Å². The number of hydrogen-bond donors (Lipinski definition) is 2. The van der Waals surface area contributed by atoms with Gasteiger partial charge < -0.3 is 5.32 Å². The molecule has 1 fully saturated rings. The smallest absolute Gasteiger partial charge is 0.222 e. The number of nitrogens with zero attached hydrogens (tertiary/aromatic N) is 1. The summed E-state index contributed by atoms with van der Waals surface area (Å²) < 4.78 is 24.0. The van der Waals surface area contributed by atoms with Crippen molar-refractivity contribution in [2.75, 3.05) is 19.6 Å². The van der Waals surface area contributed by atoms with E-state index in [2.05, 4.69) is 15.6 Å². The normalized spacial score (nSPS) is 23.6. The van der Waals surface area contributed by atoms with Crippen molar-refractivity contribution in [3.63, 3.8) is 0 Å². The molecule has 5 nitrogen and oxygen atoms in total. The monoisotopic (exact) mass is 233 g/mol. The summed E-state index contributed by atoms with van der Waals surface area (Å²) >= 11 is 1.16. The standard InChI is InChI=1S/C7H11N3O2S2/c11-14(12,7-10-3-4-13-7)6-5-8-1-2-9-6/h3-4,6,8-9H,1-2,5H2. The van der Waals surface area contributed by atoms with Crippen molar-refractivity contribution in [2.45, 2.75) is 9.71 Å². The first kappa shape index (κ1) is 10.0. The minimum Gasteiger partial charge on any atom is -0.313 e. The Morgan fingerprint density at radius 3 is 2.93 bits per heavy atom. The third-order valence-electron chi connectivity index (χ3n) is 2.03. The van der Waals surface area contributed by atoms with E-state index >= 15 is 0 Å². The SMILES string of the molecule is O=S(=O)(c1nccs1)C1CNCCN1. The van der Waals surface area contributed by atoms with Crippen molar-refractivity contribution in [2.24, 2.45) is 0 Å². The first-order valence-electron chi connectivity index (χ1n) is 4.29. The van der Waals surface area contributed by atoms with E-state index in [-0.39, 0.29) is 4.34 Å². The average molecular weight is 233 g/mol. The van der Waals surface area contributed by atoms with Gasteiger partial charge in [0, 0.05) is 31.2 Å². The van der Waals surface area contributed by atoms with Crippen molar-refractivity contribution in [1.82, 2.24) is 15.6 Å². The highest BCUT2D eigenvalue weighted by atomic mass is 32.2. The van der Waals surface area contributed by atoms with Gasteiger partial charge in [0.15, 0.2) is 0 Å². The van der Waals surface area contributed by atoms with Crippen LogP contribution in [-0.4, -0.2) is 38.4 Å². The first-order chi connectivity index (χ1) is 6.71. The summed E-state index contributed by atoms with van der Waals surface area (Å²) in [6.45, 7) is 1.93. The molecule has 0 radical (unpaired) electrons. The Bertz CT molecular complexity index is 381. The fourth-order valence-corrected chi connectivity index (χ4v) is 3.86. The van der Waals surface area contributed by atoms with Crippen LogP contribution in [0.1, 0.15) is 0 Å². The second-order valence-corrected chi connectivity index (χ2v) is 6.19. The minimum atomic E-state index is -3.28. The van der Waals surface area contributed by atoms with E-state index in [0.717, 1.165) is 17.9 Å². The molecule has 1 atom stereocenters. The molecule has 1 aromatic rings. The molecule has 0 aromatic carbocycles. The zero-order valence-electron chi connectivity index (χ0n) is 7.43. The number of rotatable bonds is 2. The summed E-state index contributed by atoms with van der Waals surface area (Å²) in [7, 11) is -3.28. The molecular formula is C7H11N3O2S2. The second-order valence-electron chi connectivity index (χ2n) is 2.99. The molecule has 0 bridgehead atoms. The lowest BCUT2D eigenvalue weighted by Crippen LogP contribution is -2.52. The first-order valence-corrected chi connectivity index (χ1v) is 6.71. The van der Waals surface area contributed by atoms with E-state index in [0.29, 0.717) is 13.1 Å². The van der Waals surface area contributed by atoms with Crippen LogP contribution in [-0.2, 0) is 9.84 Å². The van der Waals surface area contributed by atoms with Crippen molar-refractivity contribution in [3.05, 3.63) is 11.6 Å². The van der Waals surface area contributed by atoms with Crippen LogP contribution >= 0.6 is 11.3 Å². The number of nitrogens with one attached hydrogen (secondary N) is 2. The largest absolute Gasteiger partial charge is 0.313 e. The van der Waals surface area contributed by atoms with Crippen LogP contribution in [0.5, 0.6) is 0 Å². The minimum absolute atomic E-state index is 0.193. The third kappa shape index (κ3) is 1.81. The lowest BCUT2D eigenvalue weighted by molar-refractivity contribution is 0.474. The van der Waals surface area contributed by atoms with Crippen LogP contribution in [0.2, 0.25) is 0 Å². The Kier molecular flexibility index (Phi) is 2.82. The van der Waals surface area contributed by atoms with Crippen molar-refractivity contribution in [3.8, 4) is 0 Å². The molecule has 1 aromatic heterocycles. The Labute approximate surface area is 86.5 Å². The number of aromatic nitrogens is 1. The van der Waals surface area contributed by atoms with Gasteiger partial charge in [0.1, 0.15) is 5.37 Å². The number of thiazole rings is 1.